The minimum atomic E-state index is 0.0524. The van der Waals surface area contributed by atoms with Crippen molar-refractivity contribution in [1.29, 1.82) is 0 Å². The number of amides is 1. The Kier molecular flexibility index (Phi) is 7.56. The molecule has 4 nitrogen and oxygen atoms in total. The van der Waals surface area contributed by atoms with Crippen LogP contribution in [-0.4, -0.2) is 50.1 Å². The summed E-state index contributed by atoms with van der Waals surface area (Å²) in [5, 5.41) is 6.51. The van der Waals surface area contributed by atoms with Crippen LogP contribution in [0.5, 0.6) is 0 Å². The molecule has 0 aliphatic carbocycles. The smallest absolute Gasteiger partial charge is 0.223 e. The summed E-state index contributed by atoms with van der Waals surface area (Å²) in [5.41, 5.74) is 1.24. The van der Waals surface area contributed by atoms with E-state index in [-0.39, 0.29) is 11.8 Å². The summed E-state index contributed by atoms with van der Waals surface area (Å²) in [5.74, 6) is 0.601. The predicted molar refractivity (Wildman–Crippen MR) is 95.4 cm³/mol. The first-order valence-electron chi connectivity index (χ1n) is 8.91. The number of piperazine rings is 1. The van der Waals surface area contributed by atoms with E-state index >= 15 is 0 Å². The Morgan fingerprint density at radius 3 is 2.57 bits per heavy atom. The van der Waals surface area contributed by atoms with Crippen LogP contribution in [0.1, 0.15) is 25.8 Å². The molecule has 2 N–H and O–H groups in total. The topological polar surface area (TPSA) is 44.4 Å². The summed E-state index contributed by atoms with van der Waals surface area (Å²) in [4.78, 5) is 15.0. The summed E-state index contributed by atoms with van der Waals surface area (Å²) in [6, 6.07) is 10.3. The van der Waals surface area contributed by atoms with Gasteiger partial charge in [-0.25, -0.2) is 0 Å². The number of nitrogens with zero attached hydrogens (tertiary/aromatic N) is 1. The van der Waals surface area contributed by atoms with E-state index in [0.29, 0.717) is 5.92 Å². The maximum Gasteiger partial charge on any atom is 0.223 e. The van der Waals surface area contributed by atoms with Crippen LogP contribution in [0, 0.1) is 11.8 Å². The highest BCUT2D eigenvalue weighted by atomic mass is 16.1. The maximum absolute atomic E-state index is 12.5. The van der Waals surface area contributed by atoms with Crippen molar-refractivity contribution in [3.05, 3.63) is 35.9 Å². The molecule has 1 unspecified atom stereocenters. The van der Waals surface area contributed by atoms with Gasteiger partial charge in [-0.05, 0) is 30.9 Å². The van der Waals surface area contributed by atoms with Crippen molar-refractivity contribution in [2.24, 2.45) is 11.8 Å². The van der Waals surface area contributed by atoms with Gasteiger partial charge in [-0.3, -0.25) is 4.79 Å². The summed E-state index contributed by atoms with van der Waals surface area (Å²) < 4.78 is 0. The molecule has 0 radical (unpaired) electrons. The second-order valence-electron chi connectivity index (χ2n) is 6.78. The van der Waals surface area contributed by atoms with Gasteiger partial charge in [0.05, 0.1) is 0 Å². The molecule has 0 aromatic heterocycles. The van der Waals surface area contributed by atoms with Crippen LogP contribution in [0.2, 0.25) is 0 Å². The molecule has 0 saturated carbocycles. The quantitative estimate of drug-likeness (QED) is 0.720. The lowest BCUT2D eigenvalue weighted by molar-refractivity contribution is -0.126. The van der Waals surface area contributed by atoms with Crippen molar-refractivity contribution < 1.29 is 4.79 Å². The van der Waals surface area contributed by atoms with Crippen LogP contribution in [0.4, 0.5) is 0 Å². The van der Waals surface area contributed by atoms with Crippen molar-refractivity contribution >= 4 is 5.91 Å². The molecule has 0 spiro atoms. The standard InChI is InChI=1S/C19H31N3O/c1-16(2)18(15-17-7-4-3-5-8-17)19(23)21-9-6-12-22-13-10-20-11-14-22/h3-5,7-8,16,18,20H,6,9-15H2,1-2H3,(H,21,23). The van der Waals surface area contributed by atoms with Crippen LogP contribution in [-0.2, 0) is 11.2 Å². The third kappa shape index (κ3) is 6.32. The molecule has 2 rings (SSSR count). The van der Waals surface area contributed by atoms with Crippen molar-refractivity contribution in [2.45, 2.75) is 26.7 Å². The molecule has 1 heterocycles. The monoisotopic (exact) mass is 317 g/mol. The molecule has 1 atom stereocenters. The van der Waals surface area contributed by atoms with Gasteiger partial charge in [-0.2, -0.15) is 0 Å². The SMILES string of the molecule is CC(C)C(Cc1ccccc1)C(=O)NCCCN1CCNCC1. The van der Waals surface area contributed by atoms with Gasteiger partial charge < -0.3 is 15.5 Å². The minimum absolute atomic E-state index is 0.0524. The van der Waals surface area contributed by atoms with E-state index in [9.17, 15) is 4.79 Å². The second-order valence-corrected chi connectivity index (χ2v) is 6.78. The van der Waals surface area contributed by atoms with Crippen molar-refractivity contribution in [3.8, 4) is 0 Å². The number of carbonyl (C=O) groups excluding carboxylic acids is 1. The zero-order chi connectivity index (χ0) is 16.5. The third-order valence-electron chi connectivity index (χ3n) is 4.60. The molecule has 1 fully saturated rings. The Balaban J connectivity index is 1.72. The Morgan fingerprint density at radius 1 is 1.22 bits per heavy atom. The molecule has 1 amide bonds. The van der Waals surface area contributed by atoms with E-state index in [0.717, 1.165) is 52.1 Å². The Morgan fingerprint density at radius 2 is 1.91 bits per heavy atom. The largest absolute Gasteiger partial charge is 0.356 e. The van der Waals surface area contributed by atoms with Gasteiger partial charge >= 0.3 is 0 Å². The first-order chi connectivity index (χ1) is 11.2. The molecule has 1 aromatic carbocycles. The highest BCUT2D eigenvalue weighted by Crippen LogP contribution is 2.17. The zero-order valence-corrected chi connectivity index (χ0v) is 14.6. The Hall–Kier alpha value is -1.39. The van der Waals surface area contributed by atoms with E-state index in [1.54, 1.807) is 0 Å². The molecular formula is C19H31N3O. The van der Waals surface area contributed by atoms with E-state index in [1.807, 2.05) is 18.2 Å². The highest BCUT2D eigenvalue weighted by molar-refractivity contribution is 5.79. The molecule has 1 aliphatic rings. The summed E-state index contributed by atoms with van der Waals surface area (Å²) in [7, 11) is 0. The summed E-state index contributed by atoms with van der Waals surface area (Å²) in [6.07, 6.45) is 1.85. The first-order valence-corrected chi connectivity index (χ1v) is 8.91. The van der Waals surface area contributed by atoms with Gasteiger partial charge in [0.2, 0.25) is 5.91 Å². The molecule has 23 heavy (non-hydrogen) atoms. The van der Waals surface area contributed by atoms with Crippen LogP contribution < -0.4 is 10.6 Å². The van der Waals surface area contributed by atoms with Crippen LogP contribution in [0.15, 0.2) is 30.3 Å². The van der Waals surface area contributed by atoms with Gasteiger partial charge in [0.1, 0.15) is 0 Å². The normalized spacial score (nSPS) is 17.2. The zero-order valence-electron chi connectivity index (χ0n) is 14.6. The molecule has 1 aromatic rings. The summed E-state index contributed by atoms with van der Waals surface area (Å²) in [6.45, 7) is 10.5. The number of benzene rings is 1. The number of hydrogen-bond acceptors (Lipinski definition) is 3. The van der Waals surface area contributed by atoms with E-state index in [1.165, 1.54) is 5.56 Å². The highest BCUT2D eigenvalue weighted by Gasteiger charge is 2.22. The third-order valence-corrected chi connectivity index (χ3v) is 4.60. The van der Waals surface area contributed by atoms with Crippen LogP contribution in [0.25, 0.3) is 0 Å². The van der Waals surface area contributed by atoms with Crippen molar-refractivity contribution in [3.63, 3.8) is 0 Å². The van der Waals surface area contributed by atoms with Crippen molar-refractivity contribution in [1.82, 2.24) is 15.5 Å². The minimum Gasteiger partial charge on any atom is -0.356 e. The second kappa shape index (κ2) is 9.68. The molecule has 0 bridgehead atoms. The van der Waals surface area contributed by atoms with Crippen LogP contribution >= 0.6 is 0 Å². The molecule has 1 saturated heterocycles. The van der Waals surface area contributed by atoms with Crippen molar-refractivity contribution in [2.75, 3.05) is 39.3 Å². The number of carbonyl (C=O) groups is 1. The van der Waals surface area contributed by atoms with E-state index in [2.05, 4.69) is 41.5 Å². The van der Waals surface area contributed by atoms with Crippen LogP contribution in [0.3, 0.4) is 0 Å². The van der Waals surface area contributed by atoms with Gasteiger partial charge in [0, 0.05) is 38.6 Å². The molecule has 4 heteroatoms. The lowest BCUT2D eigenvalue weighted by atomic mass is 9.88. The average molecular weight is 317 g/mol. The van der Waals surface area contributed by atoms with Gasteiger partial charge in [0.15, 0.2) is 0 Å². The van der Waals surface area contributed by atoms with E-state index in [4.69, 9.17) is 0 Å². The fraction of sp³-hybridized carbons (Fsp3) is 0.632. The first kappa shape index (κ1) is 18.0. The maximum atomic E-state index is 12.5. The number of rotatable bonds is 8. The molecular weight excluding hydrogens is 286 g/mol. The summed E-state index contributed by atoms with van der Waals surface area (Å²) >= 11 is 0. The van der Waals surface area contributed by atoms with Gasteiger partial charge in [-0.1, -0.05) is 44.2 Å². The van der Waals surface area contributed by atoms with Gasteiger partial charge in [0.25, 0.3) is 0 Å². The Bertz CT molecular complexity index is 455. The lowest BCUT2D eigenvalue weighted by Gasteiger charge is -2.27. The molecule has 128 valence electrons. The fourth-order valence-corrected chi connectivity index (χ4v) is 3.08. The van der Waals surface area contributed by atoms with Gasteiger partial charge in [-0.15, -0.1) is 0 Å². The molecule has 1 aliphatic heterocycles. The number of nitrogens with one attached hydrogen (secondary N) is 2. The van der Waals surface area contributed by atoms with E-state index < -0.39 is 0 Å². The fourth-order valence-electron chi connectivity index (χ4n) is 3.08. The average Bonchev–Trinajstić information content (AvgIpc) is 2.58. The lowest BCUT2D eigenvalue weighted by Crippen LogP contribution is -2.44. The number of hydrogen-bond donors (Lipinski definition) is 2. The predicted octanol–water partition coefficient (Wildman–Crippen LogP) is 1.91. The Labute approximate surface area is 140 Å².